The van der Waals surface area contributed by atoms with Gasteiger partial charge in [0.05, 0.1) is 10.9 Å². The molecule has 28 heavy (non-hydrogen) atoms. The molecule has 0 bridgehead atoms. The number of thioether (sulfide) groups is 1. The molecule has 3 rings (SSSR count). The maximum atomic E-state index is 12.6. The summed E-state index contributed by atoms with van der Waals surface area (Å²) < 4.78 is 0. The lowest BCUT2D eigenvalue weighted by atomic mass is 10.0. The number of halogens is 2. The molecule has 2 amide bonds. The normalized spacial score (nSPS) is 21.1. The van der Waals surface area contributed by atoms with Crippen molar-refractivity contribution in [3.63, 3.8) is 0 Å². The SMILES string of the molecule is CCCC(=O)N1CCC2(CC1)NC(C(=O)NCCc1ccc(Cl)cc1Cl)CS2. The molecule has 2 heterocycles. The second-order valence-electron chi connectivity index (χ2n) is 7.41. The predicted octanol–water partition coefficient (Wildman–Crippen LogP) is 3.48. The van der Waals surface area contributed by atoms with Crippen molar-refractivity contribution < 1.29 is 9.59 Å². The van der Waals surface area contributed by atoms with Gasteiger partial charge in [-0.25, -0.2) is 0 Å². The molecule has 0 radical (unpaired) electrons. The maximum absolute atomic E-state index is 12.6. The third-order valence-corrected chi connectivity index (χ3v) is 7.54. The molecule has 2 aliphatic rings. The number of benzene rings is 1. The number of amides is 2. The smallest absolute Gasteiger partial charge is 0.238 e. The van der Waals surface area contributed by atoms with Crippen LogP contribution >= 0.6 is 35.0 Å². The molecule has 2 saturated heterocycles. The molecule has 8 heteroatoms. The average Bonchev–Trinajstić information content (AvgIpc) is 3.08. The Morgan fingerprint density at radius 2 is 2.07 bits per heavy atom. The van der Waals surface area contributed by atoms with Crippen molar-refractivity contribution in [3.05, 3.63) is 33.8 Å². The molecule has 154 valence electrons. The number of carbonyl (C=O) groups excluding carboxylic acids is 2. The minimum atomic E-state index is -0.191. The van der Waals surface area contributed by atoms with Crippen LogP contribution in [-0.2, 0) is 16.0 Å². The highest BCUT2D eigenvalue weighted by Crippen LogP contribution is 2.39. The highest BCUT2D eigenvalue weighted by atomic mass is 35.5. The van der Waals surface area contributed by atoms with E-state index in [-0.39, 0.29) is 22.7 Å². The van der Waals surface area contributed by atoms with Crippen molar-refractivity contribution in [1.82, 2.24) is 15.5 Å². The second-order valence-corrected chi connectivity index (χ2v) is 9.66. The highest BCUT2D eigenvalue weighted by Gasteiger charge is 2.44. The number of hydrogen-bond donors (Lipinski definition) is 2. The summed E-state index contributed by atoms with van der Waals surface area (Å²) >= 11 is 13.9. The number of nitrogens with one attached hydrogen (secondary N) is 2. The first kappa shape index (κ1) is 21.8. The van der Waals surface area contributed by atoms with Gasteiger partial charge in [0.1, 0.15) is 0 Å². The zero-order valence-corrected chi connectivity index (χ0v) is 18.4. The van der Waals surface area contributed by atoms with Gasteiger partial charge in [-0.05, 0) is 43.4 Å². The molecule has 1 aromatic rings. The Labute approximate surface area is 180 Å². The van der Waals surface area contributed by atoms with E-state index in [9.17, 15) is 9.59 Å². The second kappa shape index (κ2) is 9.70. The monoisotopic (exact) mass is 443 g/mol. The number of hydrogen-bond acceptors (Lipinski definition) is 4. The van der Waals surface area contributed by atoms with Gasteiger partial charge in [0.25, 0.3) is 0 Å². The first-order valence-electron chi connectivity index (χ1n) is 9.83. The minimum absolute atomic E-state index is 0.0268. The van der Waals surface area contributed by atoms with E-state index in [0.717, 1.165) is 43.7 Å². The van der Waals surface area contributed by atoms with Crippen molar-refractivity contribution in [1.29, 1.82) is 0 Å². The number of carbonyl (C=O) groups is 2. The Balaban J connectivity index is 1.43. The molecule has 0 aliphatic carbocycles. The summed E-state index contributed by atoms with van der Waals surface area (Å²) in [6.07, 6.45) is 3.95. The van der Waals surface area contributed by atoms with E-state index >= 15 is 0 Å². The molecular formula is C20H27Cl2N3O2S. The largest absolute Gasteiger partial charge is 0.354 e. The molecule has 2 N–H and O–H groups in total. The van der Waals surface area contributed by atoms with Gasteiger partial charge in [0.2, 0.25) is 11.8 Å². The molecule has 0 aromatic heterocycles. The van der Waals surface area contributed by atoms with Crippen LogP contribution in [-0.4, -0.2) is 53.0 Å². The number of piperidine rings is 1. The van der Waals surface area contributed by atoms with Crippen LogP contribution in [0.1, 0.15) is 38.2 Å². The van der Waals surface area contributed by atoms with Gasteiger partial charge in [0, 0.05) is 41.9 Å². The van der Waals surface area contributed by atoms with Gasteiger partial charge < -0.3 is 10.2 Å². The zero-order chi connectivity index (χ0) is 20.1. The summed E-state index contributed by atoms with van der Waals surface area (Å²) in [5, 5.41) is 7.78. The Morgan fingerprint density at radius 1 is 1.32 bits per heavy atom. The first-order valence-corrected chi connectivity index (χ1v) is 11.6. The van der Waals surface area contributed by atoms with Crippen LogP contribution in [0.3, 0.4) is 0 Å². The minimum Gasteiger partial charge on any atom is -0.354 e. The summed E-state index contributed by atoms with van der Waals surface area (Å²) in [5.74, 6) is 1.03. The molecule has 1 spiro atoms. The van der Waals surface area contributed by atoms with E-state index in [4.69, 9.17) is 23.2 Å². The van der Waals surface area contributed by atoms with E-state index in [1.165, 1.54) is 0 Å². The van der Waals surface area contributed by atoms with Crippen molar-refractivity contribution in [2.75, 3.05) is 25.4 Å². The van der Waals surface area contributed by atoms with Gasteiger partial charge in [-0.2, -0.15) is 0 Å². The third-order valence-electron chi connectivity index (χ3n) is 5.38. The Morgan fingerprint density at radius 3 is 2.75 bits per heavy atom. The summed E-state index contributed by atoms with van der Waals surface area (Å²) in [7, 11) is 0. The van der Waals surface area contributed by atoms with Crippen molar-refractivity contribution in [3.8, 4) is 0 Å². The van der Waals surface area contributed by atoms with E-state index in [2.05, 4.69) is 10.6 Å². The average molecular weight is 444 g/mol. The van der Waals surface area contributed by atoms with Crippen LogP contribution in [0, 0.1) is 0 Å². The fourth-order valence-corrected chi connectivity index (χ4v) is 5.65. The maximum Gasteiger partial charge on any atom is 0.238 e. The summed E-state index contributed by atoms with van der Waals surface area (Å²) in [6.45, 7) is 4.10. The summed E-state index contributed by atoms with van der Waals surface area (Å²) in [4.78, 5) is 26.5. The summed E-state index contributed by atoms with van der Waals surface area (Å²) in [5.41, 5.74) is 0.973. The van der Waals surface area contributed by atoms with Crippen molar-refractivity contribution in [2.24, 2.45) is 0 Å². The van der Waals surface area contributed by atoms with Gasteiger partial charge >= 0.3 is 0 Å². The molecule has 2 aliphatic heterocycles. The molecule has 1 atom stereocenters. The number of nitrogens with zero attached hydrogens (tertiary/aromatic N) is 1. The van der Waals surface area contributed by atoms with Crippen LogP contribution < -0.4 is 10.6 Å². The quantitative estimate of drug-likeness (QED) is 0.706. The Hall–Kier alpha value is -0.950. The van der Waals surface area contributed by atoms with Crippen LogP contribution in [0.2, 0.25) is 10.0 Å². The molecule has 2 fully saturated rings. The fraction of sp³-hybridized carbons (Fsp3) is 0.600. The molecule has 1 unspecified atom stereocenters. The lowest BCUT2D eigenvalue weighted by Crippen LogP contribution is -2.54. The van der Waals surface area contributed by atoms with E-state index in [1.54, 1.807) is 12.1 Å². The zero-order valence-electron chi connectivity index (χ0n) is 16.1. The van der Waals surface area contributed by atoms with E-state index < -0.39 is 0 Å². The fourth-order valence-electron chi connectivity index (χ4n) is 3.73. The van der Waals surface area contributed by atoms with Crippen molar-refractivity contribution in [2.45, 2.75) is 49.9 Å². The van der Waals surface area contributed by atoms with Gasteiger partial charge in [-0.15, -0.1) is 11.8 Å². The van der Waals surface area contributed by atoms with Crippen LogP contribution in [0.4, 0.5) is 0 Å². The standard InChI is InChI=1S/C20H27Cl2N3O2S/c1-2-3-18(26)25-10-7-20(8-11-25)24-17(13-28-20)19(27)23-9-6-14-4-5-15(21)12-16(14)22/h4-5,12,17,24H,2-3,6-11,13H2,1H3,(H,23,27). The highest BCUT2D eigenvalue weighted by molar-refractivity contribution is 8.01. The molecule has 1 aromatic carbocycles. The van der Waals surface area contributed by atoms with Crippen LogP contribution in [0.15, 0.2) is 18.2 Å². The Bertz CT molecular complexity index is 723. The van der Waals surface area contributed by atoms with Crippen LogP contribution in [0.5, 0.6) is 0 Å². The predicted molar refractivity (Wildman–Crippen MR) is 116 cm³/mol. The van der Waals surface area contributed by atoms with E-state index in [0.29, 0.717) is 29.4 Å². The van der Waals surface area contributed by atoms with Crippen LogP contribution in [0.25, 0.3) is 0 Å². The van der Waals surface area contributed by atoms with Gasteiger partial charge in [0.15, 0.2) is 0 Å². The number of rotatable bonds is 6. The van der Waals surface area contributed by atoms with Gasteiger partial charge in [-0.1, -0.05) is 36.2 Å². The lowest BCUT2D eigenvalue weighted by molar-refractivity contribution is -0.132. The number of likely N-dealkylation sites (tertiary alicyclic amines) is 1. The van der Waals surface area contributed by atoms with E-state index in [1.807, 2.05) is 29.7 Å². The third kappa shape index (κ3) is 5.35. The topological polar surface area (TPSA) is 61.4 Å². The summed E-state index contributed by atoms with van der Waals surface area (Å²) in [6, 6.07) is 5.23. The van der Waals surface area contributed by atoms with Crippen molar-refractivity contribution >= 4 is 46.8 Å². The van der Waals surface area contributed by atoms with Gasteiger partial charge in [-0.3, -0.25) is 14.9 Å². The lowest BCUT2D eigenvalue weighted by Gasteiger charge is -2.39. The molecule has 5 nitrogen and oxygen atoms in total. The molecular weight excluding hydrogens is 417 g/mol. The molecule has 0 saturated carbocycles. The Kier molecular flexibility index (Phi) is 7.54. The first-order chi connectivity index (χ1) is 13.4.